The summed E-state index contributed by atoms with van der Waals surface area (Å²) in [6.45, 7) is 8.67. The van der Waals surface area contributed by atoms with Gasteiger partial charge < -0.3 is 10.4 Å². The Bertz CT molecular complexity index is 542. The second-order valence-corrected chi connectivity index (χ2v) is 7.96. The van der Waals surface area contributed by atoms with Gasteiger partial charge >= 0.3 is 0 Å². The van der Waals surface area contributed by atoms with Crippen molar-refractivity contribution < 1.29 is 13.5 Å². The highest BCUT2D eigenvalue weighted by molar-refractivity contribution is 7.91. The molecule has 5 heteroatoms. The summed E-state index contributed by atoms with van der Waals surface area (Å²) in [5.74, 6) is 0.0502. The van der Waals surface area contributed by atoms with Crippen LogP contribution in [0.25, 0.3) is 0 Å². The zero-order chi connectivity index (χ0) is 14.9. The molecular weight excluding hydrogens is 262 g/mol. The number of hydrogen-bond acceptors (Lipinski definition) is 4. The lowest BCUT2D eigenvalue weighted by Gasteiger charge is -2.39. The van der Waals surface area contributed by atoms with Gasteiger partial charge in [-0.05, 0) is 39.8 Å². The summed E-state index contributed by atoms with van der Waals surface area (Å²) in [4.78, 5) is 0.273. The maximum Gasteiger partial charge on any atom is 0.180 e. The fourth-order valence-corrected chi connectivity index (χ4v) is 2.54. The van der Waals surface area contributed by atoms with Crippen LogP contribution in [0.2, 0.25) is 0 Å². The fraction of sp³-hybridized carbons (Fsp3) is 0.571. The number of nitrogens with one attached hydrogen (secondary N) is 1. The molecule has 19 heavy (non-hydrogen) atoms. The van der Waals surface area contributed by atoms with Gasteiger partial charge in [0.25, 0.3) is 0 Å². The van der Waals surface area contributed by atoms with Gasteiger partial charge in [-0.1, -0.05) is 19.1 Å². The molecule has 2 N–H and O–H groups in total. The molecule has 0 fully saturated rings. The van der Waals surface area contributed by atoms with Crippen molar-refractivity contribution in [3.05, 3.63) is 24.3 Å². The Hall–Kier alpha value is -1.07. The van der Waals surface area contributed by atoms with Crippen molar-refractivity contribution in [2.45, 2.75) is 50.7 Å². The monoisotopic (exact) mass is 285 g/mol. The Kier molecular flexibility index (Phi) is 4.32. The first-order valence-corrected chi connectivity index (χ1v) is 7.99. The van der Waals surface area contributed by atoms with Gasteiger partial charge in [-0.25, -0.2) is 8.42 Å². The van der Waals surface area contributed by atoms with Crippen LogP contribution in [-0.2, 0) is 9.84 Å². The molecule has 0 amide bonds. The van der Waals surface area contributed by atoms with E-state index in [4.69, 9.17) is 0 Å². The normalized spacial score (nSPS) is 13.4. The lowest BCUT2D eigenvalue weighted by atomic mass is 9.86. The molecule has 0 bridgehead atoms. The lowest BCUT2D eigenvalue weighted by Crippen LogP contribution is -2.51. The largest absolute Gasteiger partial charge is 0.388 e. The van der Waals surface area contributed by atoms with Crippen LogP contribution in [0.3, 0.4) is 0 Å². The van der Waals surface area contributed by atoms with Crippen molar-refractivity contribution in [2.24, 2.45) is 0 Å². The van der Waals surface area contributed by atoms with Gasteiger partial charge in [-0.3, -0.25) is 0 Å². The van der Waals surface area contributed by atoms with Crippen LogP contribution in [0.1, 0.15) is 34.6 Å². The summed E-state index contributed by atoms with van der Waals surface area (Å²) >= 11 is 0. The number of para-hydroxylation sites is 1. The summed E-state index contributed by atoms with van der Waals surface area (Å²) in [5, 5.41) is 13.3. The van der Waals surface area contributed by atoms with Crippen molar-refractivity contribution >= 4 is 15.5 Å². The highest BCUT2D eigenvalue weighted by atomic mass is 32.2. The van der Waals surface area contributed by atoms with Gasteiger partial charge in [-0.2, -0.15) is 0 Å². The van der Waals surface area contributed by atoms with Gasteiger partial charge in [0.05, 0.1) is 27.5 Å². The van der Waals surface area contributed by atoms with E-state index in [2.05, 4.69) is 5.32 Å². The maximum atomic E-state index is 12.1. The molecule has 0 aromatic heterocycles. The van der Waals surface area contributed by atoms with E-state index in [9.17, 15) is 13.5 Å². The van der Waals surface area contributed by atoms with Crippen LogP contribution in [0.5, 0.6) is 0 Å². The van der Waals surface area contributed by atoms with E-state index in [1.54, 1.807) is 45.0 Å². The van der Waals surface area contributed by atoms with Crippen molar-refractivity contribution in [1.29, 1.82) is 0 Å². The van der Waals surface area contributed by atoms with E-state index in [0.29, 0.717) is 5.69 Å². The zero-order valence-electron chi connectivity index (χ0n) is 12.2. The molecule has 1 rings (SSSR count). The standard InChI is InChI=1S/C14H23NO3S/c1-6-19(17,18)12-10-8-7-9-11(12)15-13(2,3)14(4,5)16/h7-10,15-16H,6H2,1-5H3. The Morgan fingerprint density at radius 3 is 2.16 bits per heavy atom. The van der Waals surface area contributed by atoms with Crippen LogP contribution >= 0.6 is 0 Å². The third kappa shape index (κ3) is 3.48. The first kappa shape index (κ1) is 16.0. The molecule has 0 aliphatic carbocycles. The number of aliphatic hydroxyl groups is 1. The first-order chi connectivity index (χ1) is 8.51. The zero-order valence-corrected chi connectivity index (χ0v) is 13.0. The average Bonchev–Trinajstić information content (AvgIpc) is 2.27. The number of rotatable bonds is 5. The van der Waals surface area contributed by atoms with E-state index in [1.165, 1.54) is 0 Å². The predicted molar refractivity (Wildman–Crippen MR) is 78.2 cm³/mol. The van der Waals surface area contributed by atoms with Gasteiger partial charge in [0.2, 0.25) is 0 Å². The summed E-state index contributed by atoms with van der Waals surface area (Å²) in [6, 6.07) is 6.78. The van der Waals surface area contributed by atoms with Gasteiger partial charge in [0.1, 0.15) is 0 Å². The molecule has 108 valence electrons. The molecule has 0 atom stereocenters. The topological polar surface area (TPSA) is 66.4 Å². The molecule has 0 aliphatic heterocycles. The van der Waals surface area contributed by atoms with Gasteiger partial charge in [0, 0.05) is 0 Å². The smallest absolute Gasteiger partial charge is 0.180 e. The second kappa shape index (κ2) is 5.13. The van der Waals surface area contributed by atoms with Crippen molar-refractivity contribution in [1.82, 2.24) is 0 Å². The minimum absolute atomic E-state index is 0.0502. The molecule has 0 radical (unpaired) electrons. The predicted octanol–water partition coefficient (Wildman–Crippen LogP) is 2.44. The molecule has 0 aliphatic rings. The third-order valence-electron chi connectivity index (χ3n) is 3.58. The Morgan fingerprint density at radius 2 is 1.68 bits per heavy atom. The molecule has 1 aromatic carbocycles. The Balaban J connectivity index is 3.25. The van der Waals surface area contributed by atoms with E-state index in [-0.39, 0.29) is 10.6 Å². The molecule has 4 nitrogen and oxygen atoms in total. The molecule has 0 heterocycles. The summed E-state index contributed by atoms with van der Waals surface area (Å²) in [6.07, 6.45) is 0. The van der Waals surface area contributed by atoms with Crippen LogP contribution in [0, 0.1) is 0 Å². The minimum Gasteiger partial charge on any atom is -0.388 e. The molecule has 0 saturated heterocycles. The second-order valence-electron chi connectivity index (χ2n) is 5.71. The summed E-state index contributed by atoms with van der Waals surface area (Å²) in [7, 11) is -3.29. The highest BCUT2D eigenvalue weighted by Crippen LogP contribution is 2.30. The third-order valence-corrected chi connectivity index (χ3v) is 5.37. The number of sulfone groups is 1. The molecular formula is C14H23NO3S. The van der Waals surface area contributed by atoms with E-state index < -0.39 is 21.0 Å². The Morgan fingerprint density at radius 1 is 1.16 bits per heavy atom. The fourth-order valence-electron chi connectivity index (χ4n) is 1.49. The van der Waals surface area contributed by atoms with E-state index in [1.807, 2.05) is 13.8 Å². The summed E-state index contributed by atoms with van der Waals surface area (Å²) < 4.78 is 24.1. The average molecular weight is 285 g/mol. The van der Waals surface area contributed by atoms with Crippen molar-refractivity contribution in [3.8, 4) is 0 Å². The number of anilines is 1. The van der Waals surface area contributed by atoms with Crippen molar-refractivity contribution in [2.75, 3.05) is 11.1 Å². The van der Waals surface area contributed by atoms with Crippen LogP contribution in [0.15, 0.2) is 29.2 Å². The number of benzene rings is 1. The van der Waals surface area contributed by atoms with Crippen LogP contribution in [-0.4, -0.2) is 30.4 Å². The first-order valence-electron chi connectivity index (χ1n) is 6.33. The molecule has 0 unspecified atom stereocenters. The van der Waals surface area contributed by atoms with Gasteiger partial charge in [-0.15, -0.1) is 0 Å². The molecule has 0 saturated carbocycles. The van der Waals surface area contributed by atoms with E-state index in [0.717, 1.165) is 0 Å². The minimum atomic E-state index is -3.29. The highest BCUT2D eigenvalue weighted by Gasteiger charge is 2.35. The molecule has 0 spiro atoms. The summed E-state index contributed by atoms with van der Waals surface area (Å²) in [5.41, 5.74) is -1.13. The van der Waals surface area contributed by atoms with Crippen LogP contribution in [0.4, 0.5) is 5.69 Å². The van der Waals surface area contributed by atoms with Gasteiger partial charge in [0.15, 0.2) is 9.84 Å². The molecule has 1 aromatic rings. The van der Waals surface area contributed by atoms with Crippen molar-refractivity contribution in [3.63, 3.8) is 0 Å². The maximum absolute atomic E-state index is 12.1. The Labute approximate surface area is 115 Å². The quantitative estimate of drug-likeness (QED) is 0.872. The van der Waals surface area contributed by atoms with Crippen LogP contribution < -0.4 is 5.32 Å². The lowest BCUT2D eigenvalue weighted by molar-refractivity contribution is 0.0239. The van der Waals surface area contributed by atoms with E-state index >= 15 is 0 Å². The number of hydrogen-bond donors (Lipinski definition) is 2. The SMILES string of the molecule is CCS(=O)(=O)c1ccccc1NC(C)(C)C(C)(C)O.